The second-order valence-electron chi connectivity index (χ2n) is 4.97. The van der Waals surface area contributed by atoms with Crippen molar-refractivity contribution in [2.45, 2.75) is 25.7 Å². The molecule has 86 valence electrons. The molecule has 1 atom stereocenters. The molecule has 0 aliphatic heterocycles. The molecule has 0 amide bonds. The van der Waals surface area contributed by atoms with Gasteiger partial charge < -0.3 is 15.3 Å². The van der Waals surface area contributed by atoms with E-state index in [9.17, 15) is 20.1 Å². The summed E-state index contributed by atoms with van der Waals surface area (Å²) in [7, 11) is 0. The molecule has 2 rings (SSSR count). The molecular weight excluding hydrogens is 208 g/mol. The van der Waals surface area contributed by atoms with Gasteiger partial charge in [0.25, 0.3) is 0 Å². The van der Waals surface area contributed by atoms with E-state index in [0.717, 1.165) is 0 Å². The molecule has 1 aromatic rings. The van der Waals surface area contributed by atoms with Gasteiger partial charge in [-0.25, -0.2) is 0 Å². The number of aromatic hydroxyl groups is 2. The second-order valence-corrected chi connectivity index (χ2v) is 4.97. The van der Waals surface area contributed by atoms with E-state index < -0.39 is 11.4 Å². The third-order valence-corrected chi connectivity index (χ3v) is 3.57. The molecule has 1 aromatic carbocycles. The first-order chi connectivity index (χ1) is 7.31. The van der Waals surface area contributed by atoms with Gasteiger partial charge in [-0.05, 0) is 29.5 Å². The van der Waals surface area contributed by atoms with Crippen LogP contribution in [0.3, 0.4) is 0 Å². The van der Waals surface area contributed by atoms with Crippen molar-refractivity contribution in [1.82, 2.24) is 0 Å². The zero-order chi connectivity index (χ0) is 12.1. The SMILES string of the molecule is CC1(C)CC1(C(=O)O)c1ccc(O)c(O)c1. The minimum absolute atomic E-state index is 0.234. The van der Waals surface area contributed by atoms with Crippen molar-refractivity contribution in [3.05, 3.63) is 23.8 Å². The van der Waals surface area contributed by atoms with E-state index in [0.29, 0.717) is 12.0 Å². The smallest absolute Gasteiger partial charge is 0.314 e. The number of carbonyl (C=O) groups is 1. The third-order valence-electron chi connectivity index (χ3n) is 3.57. The minimum atomic E-state index is -0.932. The van der Waals surface area contributed by atoms with Crippen LogP contribution in [0.5, 0.6) is 11.5 Å². The summed E-state index contributed by atoms with van der Waals surface area (Å²) in [6.45, 7) is 3.76. The first kappa shape index (κ1) is 10.8. The number of benzene rings is 1. The molecule has 4 nitrogen and oxygen atoms in total. The number of carboxylic acids is 1. The van der Waals surface area contributed by atoms with E-state index in [2.05, 4.69) is 0 Å². The highest BCUT2D eigenvalue weighted by atomic mass is 16.4. The molecule has 1 aliphatic rings. The molecule has 1 fully saturated rings. The highest BCUT2D eigenvalue weighted by molar-refractivity contribution is 5.87. The lowest BCUT2D eigenvalue weighted by Crippen LogP contribution is -2.25. The lowest BCUT2D eigenvalue weighted by Gasteiger charge is -2.16. The fourth-order valence-electron chi connectivity index (χ4n) is 2.39. The molecule has 0 bridgehead atoms. The Labute approximate surface area is 93.2 Å². The maximum atomic E-state index is 11.4. The summed E-state index contributed by atoms with van der Waals surface area (Å²) in [4.78, 5) is 11.4. The van der Waals surface area contributed by atoms with Crippen molar-refractivity contribution in [2.75, 3.05) is 0 Å². The molecular formula is C12H14O4. The number of phenolic OH excluding ortho intramolecular Hbond substituents is 2. The summed E-state index contributed by atoms with van der Waals surface area (Å²) in [5.74, 6) is -1.40. The second kappa shape index (κ2) is 2.90. The zero-order valence-corrected chi connectivity index (χ0v) is 9.19. The monoisotopic (exact) mass is 222 g/mol. The summed E-state index contributed by atoms with van der Waals surface area (Å²) in [6.07, 6.45) is 0.541. The van der Waals surface area contributed by atoms with Crippen molar-refractivity contribution in [3.8, 4) is 11.5 Å². The largest absolute Gasteiger partial charge is 0.504 e. The van der Waals surface area contributed by atoms with Crippen LogP contribution in [0.4, 0.5) is 0 Å². The Bertz CT molecular complexity index is 464. The van der Waals surface area contributed by atoms with Gasteiger partial charge in [0, 0.05) is 0 Å². The van der Waals surface area contributed by atoms with Crippen molar-refractivity contribution >= 4 is 5.97 Å². The maximum absolute atomic E-state index is 11.4. The summed E-state index contributed by atoms with van der Waals surface area (Å²) in [6, 6.07) is 4.21. The van der Waals surface area contributed by atoms with Gasteiger partial charge in [0.05, 0.1) is 5.41 Å². The van der Waals surface area contributed by atoms with Crippen LogP contribution in [-0.2, 0) is 10.2 Å². The standard InChI is InChI=1S/C12H14O4/c1-11(2)6-12(11,10(15)16)7-3-4-8(13)9(14)5-7/h3-5,13-14H,6H2,1-2H3,(H,15,16). The van der Waals surface area contributed by atoms with Crippen LogP contribution >= 0.6 is 0 Å². The first-order valence-corrected chi connectivity index (χ1v) is 5.07. The summed E-state index contributed by atoms with van der Waals surface area (Å²) < 4.78 is 0. The van der Waals surface area contributed by atoms with E-state index in [-0.39, 0.29) is 16.9 Å². The van der Waals surface area contributed by atoms with E-state index in [1.165, 1.54) is 12.1 Å². The lowest BCUT2D eigenvalue weighted by molar-refractivity contribution is -0.141. The molecule has 0 aromatic heterocycles. The van der Waals surface area contributed by atoms with Gasteiger partial charge in [-0.15, -0.1) is 0 Å². The van der Waals surface area contributed by atoms with Gasteiger partial charge in [0.2, 0.25) is 0 Å². The van der Waals surface area contributed by atoms with E-state index >= 15 is 0 Å². The van der Waals surface area contributed by atoms with Crippen LogP contribution in [0.25, 0.3) is 0 Å². The topological polar surface area (TPSA) is 77.8 Å². The van der Waals surface area contributed by atoms with Crippen LogP contribution in [-0.4, -0.2) is 21.3 Å². The summed E-state index contributed by atoms with van der Waals surface area (Å²) in [5.41, 5.74) is -0.708. The van der Waals surface area contributed by atoms with Crippen LogP contribution in [0.2, 0.25) is 0 Å². The first-order valence-electron chi connectivity index (χ1n) is 5.07. The van der Waals surface area contributed by atoms with Gasteiger partial charge in [-0.3, -0.25) is 4.79 Å². The average molecular weight is 222 g/mol. The Morgan fingerprint density at radius 3 is 2.19 bits per heavy atom. The van der Waals surface area contributed by atoms with E-state index in [1.807, 2.05) is 13.8 Å². The highest BCUT2D eigenvalue weighted by Gasteiger charge is 2.67. The lowest BCUT2D eigenvalue weighted by atomic mass is 9.88. The molecule has 1 unspecified atom stereocenters. The number of hydrogen-bond donors (Lipinski definition) is 3. The Kier molecular flexibility index (Phi) is 1.96. The Morgan fingerprint density at radius 2 is 1.81 bits per heavy atom. The van der Waals surface area contributed by atoms with Gasteiger partial charge in [-0.1, -0.05) is 19.9 Å². The predicted octanol–water partition coefficient (Wildman–Crippen LogP) is 1.85. The third kappa shape index (κ3) is 1.19. The molecule has 0 saturated heterocycles. The van der Waals surface area contributed by atoms with Crippen LogP contribution in [0.15, 0.2) is 18.2 Å². The molecule has 1 saturated carbocycles. The number of aliphatic carboxylic acids is 1. The molecule has 0 spiro atoms. The van der Waals surface area contributed by atoms with E-state index in [4.69, 9.17) is 0 Å². The normalized spacial score (nSPS) is 26.4. The van der Waals surface area contributed by atoms with Crippen LogP contribution < -0.4 is 0 Å². The van der Waals surface area contributed by atoms with Crippen molar-refractivity contribution in [2.24, 2.45) is 5.41 Å². The van der Waals surface area contributed by atoms with Gasteiger partial charge in [0.1, 0.15) is 0 Å². The predicted molar refractivity (Wildman–Crippen MR) is 57.5 cm³/mol. The van der Waals surface area contributed by atoms with Crippen molar-refractivity contribution < 1.29 is 20.1 Å². The minimum Gasteiger partial charge on any atom is -0.504 e. The van der Waals surface area contributed by atoms with Crippen LogP contribution in [0.1, 0.15) is 25.8 Å². The Hall–Kier alpha value is -1.71. The fourth-order valence-corrected chi connectivity index (χ4v) is 2.39. The fraction of sp³-hybridized carbons (Fsp3) is 0.417. The molecule has 0 radical (unpaired) electrons. The van der Waals surface area contributed by atoms with Crippen molar-refractivity contribution in [1.29, 1.82) is 0 Å². The number of rotatable bonds is 2. The van der Waals surface area contributed by atoms with Gasteiger partial charge >= 0.3 is 5.97 Å². The molecule has 3 N–H and O–H groups in total. The average Bonchev–Trinajstić information content (AvgIpc) is 2.75. The van der Waals surface area contributed by atoms with E-state index in [1.54, 1.807) is 6.07 Å². The number of hydrogen-bond acceptors (Lipinski definition) is 3. The maximum Gasteiger partial charge on any atom is 0.314 e. The molecule has 16 heavy (non-hydrogen) atoms. The quantitative estimate of drug-likeness (QED) is 0.667. The zero-order valence-electron chi connectivity index (χ0n) is 9.19. The highest BCUT2D eigenvalue weighted by Crippen LogP contribution is 2.64. The van der Waals surface area contributed by atoms with Crippen LogP contribution in [0, 0.1) is 5.41 Å². The molecule has 0 heterocycles. The van der Waals surface area contributed by atoms with Crippen molar-refractivity contribution in [3.63, 3.8) is 0 Å². The molecule has 4 heteroatoms. The van der Waals surface area contributed by atoms with Gasteiger partial charge in [-0.2, -0.15) is 0 Å². The Balaban J connectivity index is 2.51. The summed E-state index contributed by atoms with van der Waals surface area (Å²) in [5, 5.41) is 27.9. The number of carboxylic acid groups (broad SMARTS) is 1. The molecule has 1 aliphatic carbocycles. The number of phenols is 2. The summed E-state index contributed by atoms with van der Waals surface area (Å²) >= 11 is 0. The van der Waals surface area contributed by atoms with Gasteiger partial charge in [0.15, 0.2) is 11.5 Å². The Morgan fingerprint density at radius 1 is 1.25 bits per heavy atom.